The van der Waals surface area contributed by atoms with Crippen molar-refractivity contribution in [3.05, 3.63) is 37.9 Å². The van der Waals surface area contributed by atoms with Gasteiger partial charge >= 0.3 is 0 Å². The number of benzene rings is 1. The Labute approximate surface area is 136 Å². The fraction of sp³-hybridized carbons (Fsp3) is 0.462. The molecule has 1 aromatic rings. The van der Waals surface area contributed by atoms with Gasteiger partial charge in [-0.05, 0) is 31.6 Å². The van der Waals surface area contributed by atoms with E-state index in [0.29, 0.717) is 6.54 Å². The summed E-state index contributed by atoms with van der Waals surface area (Å²) in [6, 6.07) is 2.49. The summed E-state index contributed by atoms with van der Waals surface area (Å²) < 4.78 is 0.0256. The fourth-order valence-corrected chi connectivity index (χ4v) is 3.82. The summed E-state index contributed by atoms with van der Waals surface area (Å²) in [5.74, 6) is 0.704. The van der Waals surface area contributed by atoms with Crippen molar-refractivity contribution in [1.82, 2.24) is 5.32 Å². The van der Waals surface area contributed by atoms with E-state index < -0.39 is 4.92 Å². The molecule has 1 aromatic carbocycles. The van der Waals surface area contributed by atoms with Gasteiger partial charge in [0, 0.05) is 22.9 Å². The lowest BCUT2D eigenvalue weighted by atomic mass is 10.1. The van der Waals surface area contributed by atoms with Gasteiger partial charge in [-0.2, -0.15) is 11.8 Å². The molecule has 114 valence electrons. The van der Waals surface area contributed by atoms with Crippen LogP contribution in [0.2, 0.25) is 10.0 Å². The number of nitro benzene ring substituents is 1. The van der Waals surface area contributed by atoms with Gasteiger partial charge in [0.05, 0.1) is 9.95 Å². The predicted octanol–water partition coefficient (Wildman–Crippen LogP) is 3.92. The molecular weight excluding hydrogens is 335 g/mol. The zero-order chi connectivity index (χ0) is 15.6. The summed E-state index contributed by atoms with van der Waals surface area (Å²) in [6.07, 6.45) is 2.18. The fourth-order valence-electron chi connectivity index (χ4n) is 2.18. The number of nitrogens with zero attached hydrogens (tertiary/aromatic N) is 1. The van der Waals surface area contributed by atoms with Crippen molar-refractivity contribution in [2.45, 2.75) is 24.5 Å². The molecule has 0 saturated carbocycles. The van der Waals surface area contributed by atoms with Gasteiger partial charge in [-0.1, -0.05) is 23.2 Å². The first-order chi connectivity index (χ1) is 9.82. The molecule has 0 radical (unpaired) electrons. The van der Waals surface area contributed by atoms with E-state index in [1.165, 1.54) is 6.07 Å². The van der Waals surface area contributed by atoms with Crippen molar-refractivity contribution in [3.8, 4) is 0 Å². The second-order valence-electron chi connectivity index (χ2n) is 5.13. The predicted molar refractivity (Wildman–Crippen MR) is 85.5 cm³/mol. The van der Waals surface area contributed by atoms with Crippen LogP contribution in [0.4, 0.5) is 5.69 Å². The maximum atomic E-state index is 12.1. The molecule has 1 atom stereocenters. The number of rotatable bonds is 4. The number of thioether (sulfide) groups is 1. The molecule has 5 nitrogen and oxygen atoms in total. The molecule has 1 amide bonds. The monoisotopic (exact) mass is 348 g/mol. The molecule has 8 heteroatoms. The van der Waals surface area contributed by atoms with Crippen molar-refractivity contribution in [2.75, 3.05) is 12.3 Å². The Balaban J connectivity index is 2.14. The number of carbonyl (C=O) groups excluding carboxylic acids is 1. The highest BCUT2D eigenvalue weighted by Gasteiger charge is 2.30. The Morgan fingerprint density at radius 2 is 2.24 bits per heavy atom. The van der Waals surface area contributed by atoms with Crippen molar-refractivity contribution in [3.63, 3.8) is 0 Å². The van der Waals surface area contributed by atoms with Crippen LogP contribution in [0.25, 0.3) is 0 Å². The number of carbonyl (C=O) groups is 1. The number of halogens is 2. The van der Waals surface area contributed by atoms with E-state index in [4.69, 9.17) is 23.2 Å². The average molecular weight is 349 g/mol. The van der Waals surface area contributed by atoms with Gasteiger partial charge in [0.1, 0.15) is 5.02 Å². The standard InChI is InChI=1S/C13H14Cl2N2O3S/c1-13(3-2-4-21-13)7-16-12(18)8-5-9(14)11(15)10(6-8)17(19)20/h5-6H,2-4,7H2,1H3,(H,16,18). The lowest BCUT2D eigenvalue weighted by Gasteiger charge is -2.22. The largest absolute Gasteiger partial charge is 0.351 e. The third-order valence-corrected chi connectivity index (χ3v) is 5.72. The molecule has 1 aliphatic heterocycles. The third-order valence-electron chi connectivity index (χ3n) is 3.39. The van der Waals surface area contributed by atoms with Crippen LogP contribution < -0.4 is 5.32 Å². The molecule has 0 spiro atoms. The van der Waals surface area contributed by atoms with Gasteiger partial charge in [-0.25, -0.2) is 0 Å². The van der Waals surface area contributed by atoms with Gasteiger partial charge < -0.3 is 5.32 Å². The van der Waals surface area contributed by atoms with E-state index >= 15 is 0 Å². The number of hydrogen-bond donors (Lipinski definition) is 1. The maximum absolute atomic E-state index is 12.1. The van der Waals surface area contributed by atoms with Gasteiger partial charge in [-0.15, -0.1) is 0 Å². The first kappa shape index (κ1) is 16.4. The van der Waals surface area contributed by atoms with Crippen LogP contribution in [-0.2, 0) is 0 Å². The average Bonchev–Trinajstić information content (AvgIpc) is 2.86. The molecule has 21 heavy (non-hydrogen) atoms. The minimum absolute atomic E-state index is 0.00234. The zero-order valence-corrected chi connectivity index (χ0v) is 13.6. The van der Waals surface area contributed by atoms with E-state index in [-0.39, 0.29) is 32.0 Å². The van der Waals surface area contributed by atoms with Crippen LogP contribution in [-0.4, -0.2) is 27.9 Å². The first-order valence-corrected chi connectivity index (χ1v) is 8.12. The van der Waals surface area contributed by atoms with E-state index in [1.807, 2.05) is 11.8 Å². The third kappa shape index (κ3) is 3.81. The van der Waals surface area contributed by atoms with E-state index in [1.54, 1.807) is 0 Å². The number of amides is 1. The Morgan fingerprint density at radius 1 is 1.52 bits per heavy atom. The molecule has 1 fully saturated rings. The van der Waals surface area contributed by atoms with Crippen molar-refractivity contribution >= 4 is 46.6 Å². The Morgan fingerprint density at radius 3 is 2.81 bits per heavy atom. The summed E-state index contributed by atoms with van der Waals surface area (Å²) >= 11 is 13.4. The summed E-state index contributed by atoms with van der Waals surface area (Å²) in [5, 5.41) is 13.5. The zero-order valence-electron chi connectivity index (χ0n) is 11.3. The maximum Gasteiger partial charge on any atom is 0.290 e. The van der Waals surface area contributed by atoms with Gasteiger partial charge in [-0.3, -0.25) is 14.9 Å². The summed E-state index contributed by atoms with van der Waals surface area (Å²) in [5.41, 5.74) is -0.224. The van der Waals surface area contributed by atoms with E-state index in [0.717, 1.165) is 24.7 Å². The second kappa shape index (κ2) is 6.42. The Kier molecular flexibility index (Phi) is 5.01. The molecule has 1 aliphatic rings. The number of hydrogen-bond acceptors (Lipinski definition) is 4. The summed E-state index contributed by atoms with van der Waals surface area (Å²) in [4.78, 5) is 22.4. The molecule has 1 unspecified atom stereocenters. The molecular formula is C13H14Cl2N2O3S. The molecule has 2 rings (SSSR count). The molecule has 0 bridgehead atoms. The number of nitro groups is 1. The van der Waals surface area contributed by atoms with Crippen LogP contribution in [0.5, 0.6) is 0 Å². The topological polar surface area (TPSA) is 72.2 Å². The van der Waals surface area contributed by atoms with E-state index in [2.05, 4.69) is 12.2 Å². The smallest absolute Gasteiger partial charge is 0.290 e. The molecule has 1 N–H and O–H groups in total. The normalized spacial score (nSPS) is 21.3. The lowest BCUT2D eigenvalue weighted by Crippen LogP contribution is -2.36. The summed E-state index contributed by atoms with van der Waals surface area (Å²) in [7, 11) is 0. The molecule has 1 saturated heterocycles. The van der Waals surface area contributed by atoms with Crippen molar-refractivity contribution < 1.29 is 9.72 Å². The molecule has 1 heterocycles. The van der Waals surface area contributed by atoms with Crippen LogP contribution >= 0.6 is 35.0 Å². The van der Waals surface area contributed by atoms with Crippen LogP contribution in [0.1, 0.15) is 30.1 Å². The molecule has 0 aromatic heterocycles. The minimum atomic E-state index is -0.654. The first-order valence-electron chi connectivity index (χ1n) is 6.38. The van der Waals surface area contributed by atoms with Crippen molar-refractivity contribution in [2.24, 2.45) is 0 Å². The number of nitrogens with one attached hydrogen (secondary N) is 1. The Bertz CT molecular complexity index is 589. The van der Waals surface area contributed by atoms with Crippen LogP contribution in [0.3, 0.4) is 0 Å². The van der Waals surface area contributed by atoms with Gasteiger partial charge in [0.25, 0.3) is 11.6 Å². The summed E-state index contributed by atoms with van der Waals surface area (Å²) in [6.45, 7) is 2.62. The van der Waals surface area contributed by atoms with Gasteiger partial charge in [0.2, 0.25) is 0 Å². The minimum Gasteiger partial charge on any atom is -0.351 e. The lowest BCUT2D eigenvalue weighted by molar-refractivity contribution is -0.384. The molecule has 0 aliphatic carbocycles. The quantitative estimate of drug-likeness (QED) is 0.661. The second-order valence-corrected chi connectivity index (χ2v) is 7.60. The SMILES string of the molecule is CC1(CNC(=O)c2cc(Cl)c(Cl)c([N+](=O)[O-])c2)CCCS1. The van der Waals surface area contributed by atoms with E-state index in [9.17, 15) is 14.9 Å². The highest BCUT2D eigenvalue weighted by Crippen LogP contribution is 2.37. The highest BCUT2D eigenvalue weighted by atomic mass is 35.5. The van der Waals surface area contributed by atoms with Crippen LogP contribution in [0.15, 0.2) is 12.1 Å². The Hall–Kier alpha value is -0.980. The van der Waals surface area contributed by atoms with Crippen LogP contribution in [0, 0.1) is 10.1 Å². The van der Waals surface area contributed by atoms with Crippen molar-refractivity contribution in [1.29, 1.82) is 0 Å². The highest BCUT2D eigenvalue weighted by molar-refractivity contribution is 8.00. The van der Waals surface area contributed by atoms with Gasteiger partial charge in [0.15, 0.2) is 0 Å².